The van der Waals surface area contributed by atoms with Crippen LogP contribution in [0.25, 0.3) is 11.2 Å². The van der Waals surface area contributed by atoms with Crippen molar-refractivity contribution in [2.45, 2.75) is 63.8 Å². The summed E-state index contributed by atoms with van der Waals surface area (Å²) in [6.07, 6.45) is -1.21. The molecule has 0 aliphatic heterocycles. The fourth-order valence-electron chi connectivity index (χ4n) is 3.29. The van der Waals surface area contributed by atoms with Gasteiger partial charge in [-0.1, -0.05) is 12.8 Å². The van der Waals surface area contributed by atoms with E-state index in [9.17, 15) is 23.1 Å². The lowest BCUT2D eigenvalue weighted by molar-refractivity contribution is -0.141. The van der Waals surface area contributed by atoms with E-state index in [1.54, 1.807) is 4.57 Å². The van der Waals surface area contributed by atoms with E-state index in [1.807, 2.05) is 0 Å². The van der Waals surface area contributed by atoms with E-state index in [0.29, 0.717) is 5.52 Å². The fourth-order valence-corrected chi connectivity index (χ4v) is 3.29. The van der Waals surface area contributed by atoms with E-state index < -0.39 is 23.4 Å². The number of alkyl halides is 3. The van der Waals surface area contributed by atoms with Gasteiger partial charge in [0.1, 0.15) is 11.2 Å². The third kappa shape index (κ3) is 3.98. The maximum Gasteiger partial charge on any atom is 0.433 e. The highest BCUT2D eigenvalue weighted by Crippen LogP contribution is 2.36. The molecule has 0 radical (unpaired) electrons. The van der Waals surface area contributed by atoms with Crippen LogP contribution in [0.1, 0.15) is 57.7 Å². The number of rotatable bonds is 4. The van der Waals surface area contributed by atoms with E-state index in [2.05, 4.69) is 15.3 Å². The Hall–Kier alpha value is -2.16. The van der Waals surface area contributed by atoms with Gasteiger partial charge in [0, 0.05) is 6.04 Å². The van der Waals surface area contributed by atoms with Gasteiger partial charge in [0.15, 0.2) is 5.65 Å². The molecule has 1 aliphatic carbocycles. The van der Waals surface area contributed by atoms with Crippen molar-refractivity contribution in [3.63, 3.8) is 0 Å². The van der Waals surface area contributed by atoms with Gasteiger partial charge in [0.2, 0.25) is 11.9 Å². The number of carbonyl (C=O) groups excluding carboxylic acids is 1. The van der Waals surface area contributed by atoms with Crippen molar-refractivity contribution in [1.29, 1.82) is 0 Å². The average Bonchev–Trinajstić information content (AvgIpc) is 3.09. The molecule has 142 valence electrons. The number of hydrogen-bond acceptors (Lipinski definition) is 4. The number of aromatic nitrogens is 3. The van der Waals surface area contributed by atoms with E-state index in [-0.39, 0.29) is 24.1 Å². The summed E-state index contributed by atoms with van der Waals surface area (Å²) in [6.45, 7) is 3.01. The quantitative estimate of drug-likeness (QED) is 0.861. The van der Waals surface area contributed by atoms with Crippen LogP contribution in [0, 0.1) is 0 Å². The van der Waals surface area contributed by atoms with Gasteiger partial charge >= 0.3 is 6.18 Å². The molecule has 1 saturated carbocycles. The van der Waals surface area contributed by atoms with Crippen molar-refractivity contribution >= 4 is 23.0 Å². The number of pyridine rings is 1. The molecular weight excluding hydrogens is 349 g/mol. The molecule has 3 rings (SSSR count). The molecule has 1 fully saturated rings. The van der Waals surface area contributed by atoms with Crippen molar-refractivity contribution in [3.05, 3.63) is 17.8 Å². The van der Waals surface area contributed by atoms with Crippen LogP contribution in [-0.4, -0.2) is 31.1 Å². The van der Waals surface area contributed by atoms with Gasteiger partial charge in [0.05, 0.1) is 12.0 Å². The van der Waals surface area contributed by atoms with E-state index in [4.69, 9.17) is 0 Å². The van der Waals surface area contributed by atoms with Gasteiger partial charge in [-0.2, -0.15) is 13.2 Å². The van der Waals surface area contributed by atoms with Crippen LogP contribution in [-0.2, 0) is 11.0 Å². The van der Waals surface area contributed by atoms with Crippen molar-refractivity contribution in [3.8, 4) is 0 Å². The number of halogens is 3. The minimum absolute atomic E-state index is 0.0616. The Bertz CT molecular complexity index is 818. The predicted octanol–water partition coefficient (Wildman–Crippen LogP) is 3.66. The summed E-state index contributed by atoms with van der Waals surface area (Å²) in [5.74, 6) is -0.281. The summed E-state index contributed by atoms with van der Waals surface area (Å²) in [4.78, 5) is 20.2. The molecule has 2 heterocycles. The molecule has 26 heavy (non-hydrogen) atoms. The van der Waals surface area contributed by atoms with Gasteiger partial charge in [0.25, 0.3) is 0 Å². The van der Waals surface area contributed by atoms with Crippen molar-refractivity contribution in [2.24, 2.45) is 0 Å². The first-order valence-electron chi connectivity index (χ1n) is 8.53. The monoisotopic (exact) mass is 370 g/mol. The van der Waals surface area contributed by atoms with Crippen molar-refractivity contribution in [2.75, 3.05) is 5.32 Å². The molecular formula is C17H21F3N4O2. The topological polar surface area (TPSA) is 80.0 Å². The minimum atomic E-state index is -4.55. The number of aliphatic hydroxyl groups is 1. The zero-order valence-corrected chi connectivity index (χ0v) is 14.6. The normalized spacial score (nSPS) is 16.4. The van der Waals surface area contributed by atoms with Crippen LogP contribution < -0.4 is 5.32 Å². The lowest BCUT2D eigenvalue weighted by atomic mass is 10.1. The van der Waals surface area contributed by atoms with Gasteiger partial charge < -0.3 is 5.11 Å². The zero-order valence-electron chi connectivity index (χ0n) is 14.6. The van der Waals surface area contributed by atoms with Crippen molar-refractivity contribution < 1.29 is 23.1 Å². The third-order valence-electron chi connectivity index (χ3n) is 4.36. The largest absolute Gasteiger partial charge is 0.433 e. The summed E-state index contributed by atoms with van der Waals surface area (Å²) >= 11 is 0. The highest BCUT2D eigenvalue weighted by atomic mass is 19.4. The lowest BCUT2D eigenvalue weighted by Crippen LogP contribution is -2.28. The minimum Gasteiger partial charge on any atom is -0.390 e. The highest BCUT2D eigenvalue weighted by molar-refractivity contribution is 5.91. The second-order valence-corrected chi connectivity index (χ2v) is 7.32. The number of amides is 1. The maximum absolute atomic E-state index is 13.0. The Morgan fingerprint density at radius 3 is 2.50 bits per heavy atom. The Balaban J connectivity index is 2.04. The Labute approximate surface area is 148 Å². The fraction of sp³-hybridized carbons (Fsp3) is 0.588. The molecule has 1 amide bonds. The predicted molar refractivity (Wildman–Crippen MR) is 89.6 cm³/mol. The molecule has 0 unspecified atom stereocenters. The number of imidazole rings is 1. The van der Waals surface area contributed by atoms with Crippen LogP contribution in [0.3, 0.4) is 0 Å². The highest BCUT2D eigenvalue weighted by Gasteiger charge is 2.34. The van der Waals surface area contributed by atoms with Crippen molar-refractivity contribution in [1.82, 2.24) is 14.5 Å². The third-order valence-corrected chi connectivity index (χ3v) is 4.36. The molecule has 9 heteroatoms. The average molecular weight is 370 g/mol. The Kier molecular flexibility index (Phi) is 4.68. The Morgan fingerprint density at radius 2 is 1.92 bits per heavy atom. The molecule has 2 aromatic heterocycles. The summed E-state index contributed by atoms with van der Waals surface area (Å²) in [6, 6.07) is 2.09. The standard InChI is InChI=1S/C17H21F3N4O2/c1-16(2,26)9-13(25)23-15-21-11-7-8-12(17(18,19)20)22-14(11)24(15)10-5-3-4-6-10/h7-8,10,26H,3-6,9H2,1-2H3,(H,21,23,25). The molecule has 0 atom stereocenters. The maximum atomic E-state index is 13.0. The first-order chi connectivity index (χ1) is 12.0. The van der Waals surface area contributed by atoms with Crippen LogP contribution in [0.15, 0.2) is 12.1 Å². The zero-order chi connectivity index (χ0) is 19.1. The van der Waals surface area contributed by atoms with Gasteiger partial charge in [-0.25, -0.2) is 9.97 Å². The molecule has 0 bridgehead atoms. The van der Waals surface area contributed by atoms with E-state index >= 15 is 0 Å². The van der Waals surface area contributed by atoms with Crippen LogP contribution in [0.2, 0.25) is 0 Å². The summed E-state index contributed by atoms with van der Waals surface area (Å²) in [5.41, 5.74) is -1.78. The van der Waals surface area contributed by atoms with Gasteiger partial charge in [-0.05, 0) is 38.8 Å². The lowest BCUT2D eigenvalue weighted by Gasteiger charge is -2.19. The molecule has 0 spiro atoms. The van der Waals surface area contributed by atoms with Gasteiger partial charge in [-0.15, -0.1) is 0 Å². The Morgan fingerprint density at radius 1 is 1.27 bits per heavy atom. The smallest absolute Gasteiger partial charge is 0.390 e. The summed E-state index contributed by atoms with van der Waals surface area (Å²) in [5, 5.41) is 12.4. The van der Waals surface area contributed by atoms with E-state index in [0.717, 1.165) is 31.7 Å². The second kappa shape index (κ2) is 6.53. The number of anilines is 1. The molecule has 2 N–H and O–H groups in total. The van der Waals surface area contributed by atoms with E-state index in [1.165, 1.54) is 19.9 Å². The molecule has 0 aromatic carbocycles. The summed E-state index contributed by atoms with van der Waals surface area (Å²) in [7, 11) is 0. The second-order valence-electron chi connectivity index (χ2n) is 7.32. The molecule has 1 aliphatic rings. The van der Waals surface area contributed by atoms with Gasteiger partial charge in [-0.3, -0.25) is 14.7 Å². The SMILES string of the molecule is CC(C)(O)CC(=O)Nc1nc2ccc(C(F)(F)F)nc2n1C1CCCC1. The molecule has 6 nitrogen and oxygen atoms in total. The van der Waals surface area contributed by atoms with Crippen LogP contribution in [0.5, 0.6) is 0 Å². The number of fused-ring (bicyclic) bond motifs is 1. The molecule has 0 saturated heterocycles. The number of hydrogen-bond donors (Lipinski definition) is 2. The molecule has 2 aromatic rings. The van der Waals surface area contributed by atoms with Crippen LogP contribution in [0.4, 0.5) is 19.1 Å². The van der Waals surface area contributed by atoms with Crippen LogP contribution >= 0.6 is 0 Å². The number of nitrogens with one attached hydrogen (secondary N) is 1. The first-order valence-corrected chi connectivity index (χ1v) is 8.53. The summed E-state index contributed by atoms with van der Waals surface area (Å²) < 4.78 is 40.7. The number of nitrogens with zero attached hydrogens (tertiary/aromatic N) is 3. The number of carbonyl (C=O) groups is 1. The first kappa shape index (κ1) is 18.6.